The highest BCUT2D eigenvalue weighted by atomic mass is 16.7. The van der Waals surface area contributed by atoms with Crippen LogP contribution >= 0.6 is 0 Å². The molecule has 0 spiro atoms. The molecular weight excluding hydrogens is 124 g/mol. The highest BCUT2D eigenvalue weighted by molar-refractivity contribution is 5.57. The highest BCUT2D eigenvalue weighted by Crippen LogP contribution is 2.09. The van der Waals surface area contributed by atoms with Gasteiger partial charge in [-0.2, -0.15) is 0 Å². The average molecular weight is 132 g/mol. The lowest BCUT2D eigenvalue weighted by molar-refractivity contribution is -0.116. The summed E-state index contributed by atoms with van der Waals surface area (Å²) in [5, 5.41) is 8.50. The Morgan fingerprint density at radius 1 is 1.67 bits per heavy atom. The maximum absolute atomic E-state index is 10.1. The Morgan fingerprint density at radius 3 is 2.89 bits per heavy atom. The van der Waals surface area contributed by atoms with Gasteiger partial charge in [-0.15, -0.1) is 0 Å². The van der Waals surface area contributed by atoms with Crippen LogP contribution in [0.3, 0.4) is 0 Å². The van der Waals surface area contributed by atoms with Crippen LogP contribution in [0.5, 0.6) is 0 Å². The van der Waals surface area contributed by atoms with E-state index in [1.54, 1.807) is 0 Å². The molecule has 1 heterocycles. The molecule has 4 nitrogen and oxygen atoms in total. The zero-order valence-corrected chi connectivity index (χ0v) is 4.82. The summed E-state index contributed by atoms with van der Waals surface area (Å²) >= 11 is 0. The molecular formula is C5H8O4. The number of ether oxygens (including phenoxy) is 2. The first-order valence-electron chi connectivity index (χ1n) is 2.68. The Labute approximate surface area is 52.4 Å². The molecule has 1 rings (SSSR count). The number of hydrogen-bond donors (Lipinski definition) is 1. The number of aliphatic hydroxyl groups is 1. The molecule has 2 atom stereocenters. The highest BCUT2D eigenvalue weighted by Gasteiger charge is 2.27. The standard InChI is InChI=1S/C5H8O4/c6-1-4-5(2-7)9-3-8-4/h1,4-5,7H,2-3H2/t4-,5+/m0/s1. The van der Waals surface area contributed by atoms with Crippen molar-refractivity contribution in [1.82, 2.24) is 0 Å². The van der Waals surface area contributed by atoms with E-state index in [0.717, 1.165) is 0 Å². The van der Waals surface area contributed by atoms with Crippen LogP contribution in [-0.4, -0.2) is 37.0 Å². The predicted molar refractivity (Wildman–Crippen MR) is 27.8 cm³/mol. The van der Waals surface area contributed by atoms with Gasteiger partial charge in [0.05, 0.1) is 6.61 Å². The number of carbonyl (C=O) groups is 1. The first-order chi connectivity index (χ1) is 4.38. The third kappa shape index (κ3) is 1.27. The fraction of sp³-hybridized carbons (Fsp3) is 0.800. The Kier molecular flexibility index (Phi) is 2.16. The average Bonchev–Trinajstić information content (AvgIpc) is 2.33. The van der Waals surface area contributed by atoms with E-state index < -0.39 is 12.2 Å². The van der Waals surface area contributed by atoms with E-state index in [-0.39, 0.29) is 13.4 Å². The molecule has 0 unspecified atom stereocenters. The summed E-state index contributed by atoms with van der Waals surface area (Å²) in [6, 6.07) is 0. The van der Waals surface area contributed by atoms with Crippen molar-refractivity contribution in [2.75, 3.05) is 13.4 Å². The van der Waals surface area contributed by atoms with Gasteiger partial charge in [-0.05, 0) is 0 Å². The minimum Gasteiger partial charge on any atom is -0.394 e. The van der Waals surface area contributed by atoms with Crippen molar-refractivity contribution in [1.29, 1.82) is 0 Å². The van der Waals surface area contributed by atoms with Gasteiger partial charge in [0.15, 0.2) is 6.29 Å². The van der Waals surface area contributed by atoms with E-state index in [1.165, 1.54) is 0 Å². The summed E-state index contributed by atoms with van der Waals surface area (Å²) in [6.07, 6.45) is -0.397. The van der Waals surface area contributed by atoms with Crippen LogP contribution in [-0.2, 0) is 14.3 Å². The van der Waals surface area contributed by atoms with E-state index in [0.29, 0.717) is 6.29 Å². The topological polar surface area (TPSA) is 55.8 Å². The van der Waals surface area contributed by atoms with E-state index in [1.807, 2.05) is 0 Å². The molecule has 1 aliphatic rings. The van der Waals surface area contributed by atoms with Crippen molar-refractivity contribution in [2.45, 2.75) is 12.2 Å². The lowest BCUT2D eigenvalue weighted by Crippen LogP contribution is -2.27. The van der Waals surface area contributed by atoms with Gasteiger partial charge in [0, 0.05) is 0 Å². The van der Waals surface area contributed by atoms with Gasteiger partial charge in [0.2, 0.25) is 0 Å². The number of carbonyl (C=O) groups excluding carboxylic acids is 1. The third-order valence-corrected chi connectivity index (χ3v) is 1.22. The number of rotatable bonds is 2. The fourth-order valence-electron chi connectivity index (χ4n) is 0.691. The maximum Gasteiger partial charge on any atom is 0.151 e. The fourth-order valence-corrected chi connectivity index (χ4v) is 0.691. The first kappa shape index (κ1) is 6.67. The molecule has 0 aromatic rings. The lowest BCUT2D eigenvalue weighted by Gasteiger charge is -2.05. The summed E-state index contributed by atoms with van der Waals surface area (Å²) in [7, 11) is 0. The van der Waals surface area contributed by atoms with Gasteiger partial charge in [-0.25, -0.2) is 0 Å². The van der Waals surface area contributed by atoms with Gasteiger partial charge < -0.3 is 19.4 Å². The minimum atomic E-state index is -0.574. The number of aldehydes is 1. The Balaban J connectivity index is 2.41. The van der Waals surface area contributed by atoms with Gasteiger partial charge in [-0.3, -0.25) is 0 Å². The van der Waals surface area contributed by atoms with Gasteiger partial charge in [0.25, 0.3) is 0 Å². The second-order valence-electron chi connectivity index (χ2n) is 1.77. The predicted octanol–water partition coefficient (Wildman–Crippen LogP) is -1.08. The molecule has 0 aromatic carbocycles. The molecule has 0 aromatic heterocycles. The zero-order chi connectivity index (χ0) is 6.69. The summed E-state index contributed by atoms with van der Waals surface area (Å²) in [6.45, 7) is -0.0575. The quantitative estimate of drug-likeness (QED) is 0.485. The zero-order valence-electron chi connectivity index (χ0n) is 4.82. The largest absolute Gasteiger partial charge is 0.394 e. The van der Waals surface area contributed by atoms with Crippen LogP contribution in [0.4, 0.5) is 0 Å². The summed E-state index contributed by atoms with van der Waals surface area (Å²) in [5.41, 5.74) is 0. The van der Waals surface area contributed by atoms with Crippen molar-refractivity contribution in [3.8, 4) is 0 Å². The molecule has 0 bridgehead atoms. The van der Waals surface area contributed by atoms with E-state index in [2.05, 4.69) is 0 Å². The molecule has 1 fully saturated rings. The molecule has 4 heteroatoms. The first-order valence-corrected chi connectivity index (χ1v) is 2.68. The van der Waals surface area contributed by atoms with E-state index >= 15 is 0 Å². The molecule has 0 aliphatic carbocycles. The molecule has 0 amide bonds. The Bertz CT molecular complexity index is 103. The molecule has 0 saturated carbocycles. The van der Waals surface area contributed by atoms with Crippen LogP contribution in [0.2, 0.25) is 0 Å². The van der Waals surface area contributed by atoms with Crippen molar-refractivity contribution < 1.29 is 19.4 Å². The number of hydrogen-bond acceptors (Lipinski definition) is 4. The summed E-state index contributed by atoms with van der Waals surface area (Å²) in [5.74, 6) is 0. The van der Waals surface area contributed by atoms with Crippen LogP contribution in [0.15, 0.2) is 0 Å². The Hall–Kier alpha value is -0.450. The normalized spacial score (nSPS) is 34.8. The molecule has 0 radical (unpaired) electrons. The van der Waals surface area contributed by atoms with Gasteiger partial charge in [0.1, 0.15) is 19.0 Å². The second-order valence-corrected chi connectivity index (χ2v) is 1.77. The van der Waals surface area contributed by atoms with Crippen molar-refractivity contribution in [3.05, 3.63) is 0 Å². The number of aliphatic hydroxyl groups excluding tert-OH is 1. The van der Waals surface area contributed by atoms with Crippen molar-refractivity contribution in [2.24, 2.45) is 0 Å². The van der Waals surface area contributed by atoms with E-state index in [4.69, 9.17) is 14.6 Å². The minimum absolute atomic E-state index is 0.106. The molecule has 1 saturated heterocycles. The molecule has 1 aliphatic heterocycles. The van der Waals surface area contributed by atoms with Crippen LogP contribution in [0.25, 0.3) is 0 Å². The summed E-state index contributed by atoms with van der Waals surface area (Å²) < 4.78 is 9.56. The van der Waals surface area contributed by atoms with Crippen LogP contribution < -0.4 is 0 Å². The molecule has 1 N–H and O–H groups in total. The van der Waals surface area contributed by atoms with Gasteiger partial charge >= 0.3 is 0 Å². The molecule has 52 valence electrons. The lowest BCUT2D eigenvalue weighted by atomic mass is 10.2. The van der Waals surface area contributed by atoms with Crippen molar-refractivity contribution >= 4 is 6.29 Å². The van der Waals surface area contributed by atoms with Gasteiger partial charge in [-0.1, -0.05) is 0 Å². The smallest absolute Gasteiger partial charge is 0.151 e. The second kappa shape index (κ2) is 2.91. The van der Waals surface area contributed by atoms with Crippen LogP contribution in [0.1, 0.15) is 0 Å². The monoisotopic (exact) mass is 132 g/mol. The Morgan fingerprint density at radius 2 is 2.44 bits per heavy atom. The van der Waals surface area contributed by atoms with E-state index in [9.17, 15) is 4.79 Å². The summed E-state index contributed by atoms with van der Waals surface area (Å²) in [4.78, 5) is 10.1. The van der Waals surface area contributed by atoms with Crippen LogP contribution in [0, 0.1) is 0 Å². The van der Waals surface area contributed by atoms with Crippen molar-refractivity contribution in [3.63, 3.8) is 0 Å². The third-order valence-electron chi connectivity index (χ3n) is 1.22. The SMILES string of the molecule is O=C[C@@H]1OCO[C@@H]1CO. The maximum atomic E-state index is 10.1. The molecule has 9 heavy (non-hydrogen) atoms.